The van der Waals surface area contributed by atoms with Crippen LogP contribution in [-0.2, 0) is 11.3 Å². The molecule has 1 rings (SSSR count). The molecule has 0 aromatic carbocycles. The molecule has 0 spiro atoms. The molecule has 7 heteroatoms. The number of rotatable bonds is 7. The molecule has 0 radical (unpaired) electrons. The fourth-order valence-corrected chi connectivity index (χ4v) is 1.15. The fourth-order valence-electron chi connectivity index (χ4n) is 1.15. The lowest BCUT2D eigenvalue weighted by atomic mass is 10.5. The highest BCUT2D eigenvalue weighted by molar-refractivity contribution is 5.36. The maximum atomic E-state index is 5.50. The molecule has 1 heterocycles. The number of anilines is 1. The highest BCUT2D eigenvalue weighted by Gasteiger charge is 2.05. The first-order chi connectivity index (χ1) is 8.15. The van der Waals surface area contributed by atoms with Crippen LogP contribution in [0.1, 0.15) is 5.82 Å². The van der Waals surface area contributed by atoms with Crippen LogP contribution in [0.5, 0.6) is 5.88 Å². The summed E-state index contributed by atoms with van der Waals surface area (Å²) >= 11 is 0. The van der Waals surface area contributed by atoms with Crippen LogP contribution in [-0.4, -0.2) is 49.2 Å². The van der Waals surface area contributed by atoms with Crippen LogP contribution in [0.25, 0.3) is 0 Å². The van der Waals surface area contributed by atoms with E-state index in [0.717, 1.165) is 6.54 Å². The van der Waals surface area contributed by atoms with Crippen molar-refractivity contribution in [2.45, 2.75) is 6.61 Å². The Morgan fingerprint density at radius 1 is 1.41 bits per heavy atom. The molecular formula is C10H19N5O2. The second kappa shape index (κ2) is 7.00. The zero-order valence-electron chi connectivity index (χ0n) is 10.4. The van der Waals surface area contributed by atoms with E-state index < -0.39 is 0 Å². The zero-order valence-corrected chi connectivity index (χ0v) is 10.4. The maximum Gasteiger partial charge on any atom is 0.218 e. The van der Waals surface area contributed by atoms with E-state index in [2.05, 4.69) is 15.4 Å². The molecule has 0 atom stereocenters. The van der Waals surface area contributed by atoms with Crippen LogP contribution < -0.4 is 16.0 Å². The molecule has 0 aliphatic heterocycles. The van der Waals surface area contributed by atoms with Crippen molar-refractivity contribution in [1.82, 2.24) is 14.9 Å². The van der Waals surface area contributed by atoms with Crippen molar-refractivity contribution in [3.05, 3.63) is 11.9 Å². The Balaban J connectivity index is 2.66. The molecule has 0 saturated carbocycles. The van der Waals surface area contributed by atoms with Gasteiger partial charge in [-0.25, -0.2) is 10.8 Å². The number of nitrogens with two attached hydrogens (primary N) is 1. The Bertz CT molecular complexity index is 345. The van der Waals surface area contributed by atoms with Crippen molar-refractivity contribution in [2.75, 3.05) is 39.8 Å². The first-order valence-electron chi connectivity index (χ1n) is 5.26. The number of hydrogen-bond donors (Lipinski definition) is 2. The highest BCUT2D eigenvalue weighted by atomic mass is 16.5. The highest BCUT2D eigenvalue weighted by Crippen LogP contribution is 2.13. The van der Waals surface area contributed by atoms with Crippen molar-refractivity contribution in [3.63, 3.8) is 0 Å². The van der Waals surface area contributed by atoms with Gasteiger partial charge in [0.25, 0.3) is 0 Å². The Kier molecular flexibility index (Phi) is 5.61. The molecule has 0 aliphatic carbocycles. The summed E-state index contributed by atoms with van der Waals surface area (Å²) in [7, 11) is 5.54. The number of nitrogens with one attached hydrogen (secondary N) is 1. The third-order valence-electron chi connectivity index (χ3n) is 1.96. The van der Waals surface area contributed by atoms with Gasteiger partial charge < -0.3 is 19.8 Å². The summed E-state index contributed by atoms with van der Waals surface area (Å²) in [6, 6.07) is 1.65. The van der Waals surface area contributed by atoms with E-state index in [4.69, 9.17) is 15.3 Å². The maximum absolute atomic E-state index is 5.50. The van der Waals surface area contributed by atoms with Gasteiger partial charge >= 0.3 is 0 Å². The van der Waals surface area contributed by atoms with E-state index in [1.165, 1.54) is 0 Å². The standard InChI is InChI=1S/C10H19N5O2/c1-15(2)4-5-17-10-6-8(14-11)12-9(13-10)7-16-3/h6H,4-5,7,11H2,1-3H3,(H,12,13,14). The summed E-state index contributed by atoms with van der Waals surface area (Å²) in [5.41, 5.74) is 2.47. The van der Waals surface area contributed by atoms with Gasteiger partial charge in [0.15, 0.2) is 5.82 Å². The number of hydrazine groups is 1. The van der Waals surface area contributed by atoms with E-state index in [9.17, 15) is 0 Å². The van der Waals surface area contributed by atoms with Gasteiger partial charge in [-0.3, -0.25) is 0 Å². The molecule has 1 aromatic rings. The van der Waals surface area contributed by atoms with Gasteiger partial charge in [0, 0.05) is 19.7 Å². The fraction of sp³-hybridized carbons (Fsp3) is 0.600. The molecule has 0 aliphatic rings. The number of likely N-dealkylation sites (N-methyl/N-ethyl adjacent to an activating group) is 1. The van der Waals surface area contributed by atoms with Crippen LogP contribution in [0.3, 0.4) is 0 Å². The van der Waals surface area contributed by atoms with Gasteiger partial charge in [-0.1, -0.05) is 0 Å². The van der Waals surface area contributed by atoms with Crippen molar-refractivity contribution < 1.29 is 9.47 Å². The number of aromatic nitrogens is 2. The molecular weight excluding hydrogens is 222 g/mol. The van der Waals surface area contributed by atoms with E-state index >= 15 is 0 Å². The van der Waals surface area contributed by atoms with E-state index in [1.807, 2.05) is 19.0 Å². The third-order valence-corrected chi connectivity index (χ3v) is 1.96. The van der Waals surface area contributed by atoms with E-state index in [0.29, 0.717) is 30.7 Å². The predicted octanol–water partition coefficient (Wildman–Crippen LogP) is -0.151. The summed E-state index contributed by atoms with van der Waals surface area (Å²) in [5.74, 6) is 6.84. The van der Waals surface area contributed by atoms with Crippen LogP contribution in [0, 0.1) is 0 Å². The van der Waals surface area contributed by atoms with E-state index in [-0.39, 0.29) is 0 Å². The Morgan fingerprint density at radius 3 is 2.76 bits per heavy atom. The molecule has 0 unspecified atom stereocenters. The Hall–Kier alpha value is -1.44. The van der Waals surface area contributed by atoms with Crippen molar-refractivity contribution >= 4 is 5.82 Å². The first kappa shape index (κ1) is 13.6. The Labute approximate surface area is 101 Å². The molecule has 1 aromatic heterocycles. The molecule has 0 bridgehead atoms. The van der Waals surface area contributed by atoms with Crippen molar-refractivity contribution in [3.8, 4) is 5.88 Å². The zero-order chi connectivity index (χ0) is 12.7. The average Bonchev–Trinajstić information content (AvgIpc) is 2.28. The van der Waals surface area contributed by atoms with Crippen molar-refractivity contribution in [2.24, 2.45) is 5.84 Å². The smallest absolute Gasteiger partial charge is 0.218 e. The largest absolute Gasteiger partial charge is 0.476 e. The molecule has 7 nitrogen and oxygen atoms in total. The average molecular weight is 241 g/mol. The first-order valence-corrected chi connectivity index (χ1v) is 5.26. The predicted molar refractivity (Wildman–Crippen MR) is 64.6 cm³/mol. The number of ether oxygens (including phenoxy) is 2. The summed E-state index contributed by atoms with van der Waals surface area (Å²) in [4.78, 5) is 10.3. The topological polar surface area (TPSA) is 85.5 Å². The lowest BCUT2D eigenvalue weighted by Gasteiger charge is -2.11. The minimum atomic E-state index is 0.319. The van der Waals surface area contributed by atoms with Gasteiger partial charge in [-0.15, -0.1) is 0 Å². The molecule has 96 valence electrons. The minimum absolute atomic E-state index is 0.319. The summed E-state index contributed by atoms with van der Waals surface area (Å²) in [6.45, 7) is 1.69. The quantitative estimate of drug-likeness (QED) is 0.507. The molecule has 17 heavy (non-hydrogen) atoms. The van der Waals surface area contributed by atoms with Crippen LogP contribution in [0.4, 0.5) is 5.82 Å². The number of nitrogen functional groups attached to an aromatic ring is 1. The SMILES string of the molecule is COCc1nc(NN)cc(OCCN(C)C)n1. The van der Waals surface area contributed by atoms with Gasteiger partial charge in [-0.2, -0.15) is 4.98 Å². The molecule has 0 amide bonds. The van der Waals surface area contributed by atoms with Gasteiger partial charge in [0.2, 0.25) is 5.88 Å². The van der Waals surface area contributed by atoms with Gasteiger partial charge in [-0.05, 0) is 14.1 Å². The number of nitrogens with zero attached hydrogens (tertiary/aromatic N) is 3. The van der Waals surface area contributed by atoms with Gasteiger partial charge in [0.05, 0.1) is 0 Å². The number of methoxy groups -OCH3 is 1. The van der Waals surface area contributed by atoms with Gasteiger partial charge in [0.1, 0.15) is 19.0 Å². The molecule has 0 saturated heterocycles. The third kappa shape index (κ3) is 4.94. The van der Waals surface area contributed by atoms with Crippen LogP contribution in [0.15, 0.2) is 6.07 Å². The lowest BCUT2D eigenvalue weighted by molar-refractivity contribution is 0.176. The summed E-state index contributed by atoms with van der Waals surface area (Å²) in [6.07, 6.45) is 0. The van der Waals surface area contributed by atoms with Crippen LogP contribution in [0.2, 0.25) is 0 Å². The second-order valence-electron chi connectivity index (χ2n) is 3.74. The molecule has 0 fully saturated rings. The lowest BCUT2D eigenvalue weighted by Crippen LogP contribution is -2.20. The van der Waals surface area contributed by atoms with Crippen LogP contribution >= 0.6 is 0 Å². The molecule has 3 N–H and O–H groups in total. The Morgan fingerprint density at radius 2 is 2.18 bits per heavy atom. The normalized spacial score (nSPS) is 10.6. The summed E-state index contributed by atoms with van der Waals surface area (Å²) < 4.78 is 10.5. The number of hydrogen-bond acceptors (Lipinski definition) is 7. The second-order valence-corrected chi connectivity index (χ2v) is 3.74. The van der Waals surface area contributed by atoms with Crippen molar-refractivity contribution in [1.29, 1.82) is 0 Å². The summed E-state index contributed by atoms with van der Waals surface area (Å²) in [5, 5.41) is 0. The van der Waals surface area contributed by atoms with E-state index in [1.54, 1.807) is 13.2 Å². The monoisotopic (exact) mass is 241 g/mol. The minimum Gasteiger partial charge on any atom is -0.476 e.